The Morgan fingerprint density at radius 3 is 2.58 bits per heavy atom. The van der Waals surface area contributed by atoms with Crippen molar-refractivity contribution in [2.24, 2.45) is 5.92 Å². The number of anilines is 1. The highest BCUT2D eigenvalue weighted by atomic mass is 19.1. The number of rotatable bonds is 6. The first-order chi connectivity index (χ1) is 15.0. The van der Waals surface area contributed by atoms with Crippen molar-refractivity contribution >= 4 is 17.5 Å². The van der Waals surface area contributed by atoms with E-state index in [2.05, 4.69) is 25.7 Å². The fourth-order valence-corrected chi connectivity index (χ4v) is 4.06. The predicted molar refractivity (Wildman–Crippen MR) is 109 cm³/mol. The van der Waals surface area contributed by atoms with Crippen LogP contribution in [0.4, 0.5) is 14.5 Å². The van der Waals surface area contributed by atoms with Crippen molar-refractivity contribution < 1.29 is 23.1 Å². The van der Waals surface area contributed by atoms with E-state index in [9.17, 15) is 18.4 Å². The molecule has 4 rings (SSSR count). The zero-order valence-corrected chi connectivity index (χ0v) is 17.0. The monoisotopic (exact) mass is 433 g/mol. The lowest BCUT2D eigenvalue weighted by Crippen LogP contribution is -2.46. The summed E-state index contributed by atoms with van der Waals surface area (Å²) in [6.45, 7) is 4.45. The summed E-state index contributed by atoms with van der Waals surface area (Å²) in [4.78, 5) is 27.4. The Labute approximate surface area is 178 Å². The van der Waals surface area contributed by atoms with Crippen LogP contribution in [0.15, 0.2) is 24.4 Å². The number of amides is 2. The van der Waals surface area contributed by atoms with Crippen molar-refractivity contribution in [2.45, 2.75) is 25.3 Å². The van der Waals surface area contributed by atoms with Gasteiger partial charge in [0.15, 0.2) is 5.69 Å². The van der Waals surface area contributed by atoms with Crippen LogP contribution in [-0.2, 0) is 4.74 Å². The third kappa shape index (κ3) is 5.08. The lowest BCUT2D eigenvalue weighted by molar-refractivity contribution is 0.0899. The smallest absolute Gasteiger partial charge is 0.274 e. The molecule has 2 aliphatic rings. The first-order valence-electron chi connectivity index (χ1n) is 10.4. The summed E-state index contributed by atoms with van der Waals surface area (Å²) in [6, 6.07) is 3.15. The highest BCUT2D eigenvalue weighted by Crippen LogP contribution is 2.20. The van der Waals surface area contributed by atoms with Crippen LogP contribution in [0.2, 0.25) is 0 Å². The predicted octanol–water partition coefficient (Wildman–Crippen LogP) is 2.17. The molecule has 2 aromatic rings. The Balaban J connectivity index is 1.32. The number of H-pyrrole nitrogens is 1. The summed E-state index contributed by atoms with van der Waals surface area (Å²) in [7, 11) is 0. The first kappa shape index (κ1) is 21.4. The van der Waals surface area contributed by atoms with Gasteiger partial charge in [-0.25, -0.2) is 8.78 Å². The molecule has 2 fully saturated rings. The van der Waals surface area contributed by atoms with Crippen LogP contribution >= 0.6 is 0 Å². The molecule has 0 saturated carbocycles. The van der Waals surface area contributed by atoms with E-state index in [1.54, 1.807) is 0 Å². The Hall–Kier alpha value is -2.85. The Morgan fingerprint density at radius 1 is 1.16 bits per heavy atom. The van der Waals surface area contributed by atoms with Gasteiger partial charge in [-0.1, -0.05) is 6.07 Å². The molecule has 166 valence electrons. The summed E-state index contributed by atoms with van der Waals surface area (Å²) in [5, 5.41) is 11.7. The second-order valence-corrected chi connectivity index (χ2v) is 7.98. The topological polar surface area (TPSA) is 99.3 Å². The zero-order valence-electron chi connectivity index (χ0n) is 17.0. The Bertz CT molecular complexity index is 917. The van der Waals surface area contributed by atoms with E-state index in [1.165, 1.54) is 12.3 Å². The fourth-order valence-electron chi connectivity index (χ4n) is 4.06. The van der Waals surface area contributed by atoms with Gasteiger partial charge < -0.3 is 20.3 Å². The third-order valence-corrected chi connectivity index (χ3v) is 5.76. The molecule has 31 heavy (non-hydrogen) atoms. The number of ether oxygens (including phenoxy) is 1. The van der Waals surface area contributed by atoms with Crippen molar-refractivity contribution in [1.82, 2.24) is 20.4 Å². The van der Waals surface area contributed by atoms with Gasteiger partial charge in [0.25, 0.3) is 11.8 Å². The van der Waals surface area contributed by atoms with Crippen LogP contribution in [0, 0.1) is 17.6 Å². The highest BCUT2D eigenvalue weighted by molar-refractivity contribution is 6.08. The number of hydrogen-bond acceptors (Lipinski definition) is 5. The molecule has 10 heteroatoms. The fraction of sp³-hybridized carbons (Fsp3) is 0.476. The first-order valence-corrected chi connectivity index (χ1v) is 10.4. The minimum Gasteiger partial charge on any atom is -0.381 e. The molecule has 0 radical (unpaired) electrons. The second-order valence-electron chi connectivity index (χ2n) is 7.98. The van der Waals surface area contributed by atoms with E-state index in [0.29, 0.717) is 5.92 Å². The Morgan fingerprint density at radius 2 is 1.90 bits per heavy atom. The number of halogens is 2. The number of benzene rings is 1. The molecule has 0 spiro atoms. The second kappa shape index (κ2) is 9.52. The summed E-state index contributed by atoms with van der Waals surface area (Å²) in [5.41, 5.74) is -0.686. The molecule has 0 bridgehead atoms. The van der Waals surface area contributed by atoms with Gasteiger partial charge in [-0.2, -0.15) is 5.10 Å². The van der Waals surface area contributed by atoms with Crippen molar-refractivity contribution in [3.8, 4) is 0 Å². The molecule has 2 amide bonds. The van der Waals surface area contributed by atoms with Gasteiger partial charge in [-0.05, 0) is 37.3 Å². The van der Waals surface area contributed by atoms with E-state index in [4.69, 9.17) is 4.74 Å². The molecule has 1 unspecified atom stereocenters. The van der Waals surface area contributed by atoms with E-state index >= 15 is 0 Å². The van der Waals surface area contributed by atoms with Crippen LogP contribution in [0.1, 0.15) is 40.1 Å². The number of aromatic nitrogens is 2. The van der Waals surface area contributed by atoms with Crippen LogP contribution in [-0.4, -0.2) is 65.8 Å². The van der Waals surface area contributed by atoms with Gasteiger partial charge in [-0.15, -0.1) is 0 Å². The van der Waals surface area contributed by atoms with Crippen molar-refractivity contribution in [1.29, 1.82) is 0 Å². The molecule has 1 aromatic carbocycles. The van der Waals surface area contributed by atoms with Gasteiger partial charge in [0, 0.05) is 38.5 Å². The summed E-state index contributed by atoms with van der Waals surface area (Å²) >= 11 is 0. The number of nitrogens with zero attached hydrogens (tertiary/aromatic N) is 2. The number of piperidine rings is 1. The molecule has 2 saturated heterocycles. The summed E-state index contributed by atoms with van der Waals surface area (Å²) < 4.78 is 33.1. The SMILES string of the molecule is O=C(NC1CCN(CC2CCOC2)CC1)c1n[nH]cc1NC(=O)c1c(F)cccc1F. The number of hydrogen-bond donors (Lipinski definition) is 3. The quantitative estimate of drug-likeness (QED) is 0.649. The van der Waals surface area contributed by atoms with Gasteiger partial charge in [0.05, 0.1) is 12.3 Å². The Kier molecular flexibility index (Phi) is 6.57. The number of aromatic amines is 1. The zero-order chi connectivity index (χ0) is 21.8. The van der Waals surface area contributed by atoms with Gasteiger partial charge in [-0.3, -0.25) is 14.7 Å². The molecular weight excluding hydrogens is 408 g/mol. The number of likely N-dealkylation sites (tertiary alicyclic amines) is 1. The molecule has 8 nitrogen and oxygen atoms in total. The lowest BCUT2D eigenvalue weighted by Gasteiger charge is -2.33. The van der Waals surface area contributed by atoms with Gasteiger partial charge >= 0.3 is 0 Å². The van der Waals surface area contributed by atoms with Crippen LogP contribution in [0.5, 0.6) is 0 Å². The lowest BCUT2D eigenvalue weighted by atomic mass is 10.0. The standard InChI is InChI=1S/C21H25F2N5O3/c22-15-2-1-3-16(23)18(15)20(29)26-17-10-24-27-19(17)21(30)25-14-4-7-28(8-5-14)11-13-6-9-31-12-13/h1-3,10,13-14H,4-9,11-12H2,(H,24,27)(H,25,30)(H,26,29). The highest BCUT2D eigenvalue weighted by Gasteiger charge is 2.27. The molecular formula is C21H25F2N5O3. The largest absolute Gasteiger partial charge is 0.381 e. The molecule has 0 aliphatic carbocycles. The van der Waals surface area contributed by atoms with Crippen LogP contribution < -0.4 is 10.6 Å². The van der Waals surface area contributed by atoms with Gasteiger partial charge in [0.1, 0.15) is 17.2 Å². The number of carbonyl (C=O) groups is 2. The van der Waals surface area contributed by atoms with Crippen molar-refractivity contribution in [3.63, 3.8) is 0 Å². The number of nitrogens with one attached hydrogen (secondary N) is 3. The normalized spacial score (nSPS) is 20.0. The maximum absolute atomic E-state index is 13.8. The average molecular weight is 433 g/mol. The maximum Gasteiger partial charge on any atom is 0.274 e. The minimum absolute atomic E-state index is 0.00663. The van der Waals surface area contributed by atoms with Crippen molar-refractivity contribution in [2.75, 3.05) is 38.2 Å². The molecule has 3 N–H and O–H groups in total. The molecule has 1 atom stereocenters. The maximum atomic E-state index is 13.8. The average Bonchev–Trinajstić information content (AvgIpc) is 3.41. The summed E-state index contributed by atoms with van der Waals surface area (Å²) in [6.07, 6.45) is 4.02. The van der Waals surface area contributed by atoms with E-state index < -0.39 is 29.0 Å². The minimum atomic E-state index is -0.991. The molecule has 1 aromatic heterocycles. The van der Waals surface area contributed by atoms with Crippen LogP contribution in [0.25, 0.3) is 0 Å². The van der Waals surface area contributed by atoms with E-state index in [-0.39, 0.29) is 17.4 Å². The third-order valence-electron chi connectivity index (χ3n) is 5.76. The van der Waals surface area contributed by atoms with Gasteiger partial charge in [0.2, 0.25) is 0 Å². The van der Waals surface area contributed by atoms with Crippen molar-refractivity contribution in [3.05, 3.63) is 47.3 Å². The molecule has 3 heterocycles. The summed E-state index contributed by atoms with van der Waals surface area (Å²) in [5.74, 6) is -2.82. The molecule has 2 aliphatic heterocycles. The van der Waals surface area contributed by atoms with E-state index in [1.807, 2.05) is 0 Å². The van der Waals surface area contributed by atoms with E-state index in [0.717, 1.165) is 64.2 Å². The number of carbonyl (C=O) groups excluding carboxylic acids is 2. The van der Waals surface area contributed by atoms with Crippen LogP contribution in [0.3, 0.4) is 0 Å².